The van der Waals surface area contributed by atoms with Crippen LogP contribution < -0.4 is 15.4 Å². The van der Waals surface area contributed by atoms with Gasteiger partial charge in [-0.1, -0.05) is 39.7 Å². The van der Waals surface area contributed by atoms with Gasteiger partial charge in [-0.25, -0.2) is 0 Å². The zero-order chi connectivity index (χ0) is 15.5. The highest BCUT2D eigenvalue weighted by atomic mass is 16.5. The first-order valence-electron chi connectivity index (χ1n) is 7.99. The molecule has 116 valence electrons. The number of rotatable bonds is 6. The molecule has 1 aromatic rings. The summed E-state index contributed by atoms with van der Waals surface area (Å²) in [6, 6.07) is 5.61. The fourth-order valence-corrected chi connectivity index (χ4v) is 2.94. The van der Waals surface area contributed by atoms with Gasteiger partial charge in [0.25, 0.3) is 5.91 Å². The molecule has 0 aromatic heterocycles. The molecule has 0 spiro atoms. The number of para-hydroxylation sites is 1. The van der Waals surface area contributed by atoms with E-state index in [0.717, 1.165) is 30.7 Å². The van der Waals surface area contributed by atoms with Gasteiger partial charge in [0.15, 0.2) is 5.60 Å². The Morgan fingerprint density at radius 3 is 2.52 bits per heavy atom. The van der Waals surface area contributed by atoms with Gasteiger partial charge >= 0.3 is 0 Å². The molecule has 2 rings (SSSR count). The molecule has 1 heterocycles. The summed E-state index contributed by atoms with van der Waals surface area (Å²) in [6.45, 7) is 6.87. The molecule has 1 aromatic carbocycles. The molecule has 4 heteroatoms. The minimum absolute atomic E-state index is 0.0500. The minimum Gasteiger partial charge on any atom is -0.475 e. The van der Waals surface area contributed by atoms with Crippen molar-refractivity contribution in [2.24, 2.45) is 0 Å². The predicted molar refractivity (Wildman–Crippen MR) is 86.7 cm³/mol. The number of fused-ring (bicyclic) bond motifs is 1. The van der Waals surface area contributed by atoms with Crippen LogP contribution in [0.15, 0.2) is 18.2 Å². The van der Waals surface area contributed by atoms with Crippen LogP contribution in [0.4, 0.5) is 11.4 Å². The molecule has 0 saturated heterocycles. The fraction of sp³-hybridized carbons (Fsp3) is 0.588. The summed E-state index contributed by atoms with van der Waals surface area (Å²) in [6.07, 6.45) is 4.56. The number of nitrogen functional groups attached to an aromatic ring is 1. The highest BCUT2D eigenvalue weighted by Crippen LogP contribution is 2.43. The lowest BCUT2D eigenvalue weighted by atomic mass is 9.92. The Hall–Kier alpha value is -1.71. The molecule has 0 unspecified atom stereocenters. The van der Waals surface area contributed by atoms with Gasteiger partial charge in [-0.15, -0.1) is 0 Å². The van der Waals surface area contributed by atoms with E-state index in [1.165, 1.54) is 0 Å². The normalized spacial score (nSPS) is 16.5. The van der Waals surface area contributed by atoms with Crippen LogP contribution in [0.2, 0.25) is 0 Å². The zero-order valence-electron chi connectivity index (χ0n) is 13.3. The first-order valence-corrected chi connectivity index (χ1v) is 7.99. The molecule has 4 nitrogen and oxygen atoms in total. The quantitative estimate of drug-likeness (QED) is 0.641. The SMILES string of the molecule is CCCCCN1C(=O)C(CC)(CC)Oc2cccc(N)c21. The van der Waals surface area contributed by atoms with Crippen LogP contribution in [0.3, 0.4) is 0 Å². The van der Waals surface area contributed by atoms with Crippen LogP contribution in [-0.4, -0.2) is 18.1 Å². The average molecular weight is 290 g/mol. The first kappa shape index (κ1) is 15.7. The number of hydrogen-bond acceptors (Lipinski definition) is 3. The Kier molecular flexibility index (Phi) is 4.76. The van der Waals surface area contributed by atoms with Crippen LogP contribution in [0.5, 0.6) is 5.75 Å². The largest absolute Gasteiger partial charge is 0.475 e. The smallest absolute Gasteiger partial charge is 0.271 e. The third kappa shape index (κ3) is 2.71. The number of anilines is 2. The summed E-state index contributed by atoms with van der Waals surface area (Å²) < 4.78 is 6.08. The zero-order valence-corrected chi connectivity index (χ0v) is 13.3. The van der Waals surface area contributed by atoms with Gasteiger partial charge in [0, 0.05) is 6.54 Å². The second-order valence-corrected chi connectivity index (χ2v) is 5.66. The van der Waals surface area contributed by atoms with Crippen molar-refractivity contribution >= 4 is 17.3 Å². The van der Waals surface area contributed by atoms with Crippen LogP contribution >= 0.6 is 0 Å². The Morgan fingerprint density at radius 2 is 1.90 bits per heavy atom. The molecule has 0 bridgehead atoms. The summed E-state index contributed by atoms with van der Waals surface area (Å²) in [5.74, 6) is 0.781. The monoisotopic (exact) mass is 290 g/mol. The van der Waals surface area contributed by atoms with Gasteiger partial charge < -0.3 is 15.4 Å². The third-order valence-corrected chi connectivity index (χ3v) is 4.37. The molecular formula is C17H26N2O2. The molecule has 21 heavy (non-hydrogen) atoms. The average Bonchev–Trinajstić information content (AvgIpc) is 2.49. The highest BCUT2D eigenvalue weighted by molar-refractivity contribution is 6.05. The van der Waals surface area contributed by atoms with Gasteiger partial charge in [0.1, 0.15) is 11.4 Å². The second-order valence-electron chi connectivity index (χ2n) is 5.66. The number of ether oxygens (including phenoxy) is 1. The van der Waals surface area contributed by atoms with Gasteiger partial charge in [0.2, 0.25) is 0 Å². The Bertz CT molecular complexity index is 510. The van der Waals surface area contributed by atoms with E-state index >= 15 is 0 Å². The van der Waals surface area contributed by atoms with E-state index in [4.69, 9.17) is 10.5 Å². The van der Waals surface area contributed by atoms with Crippen molar-refractivity contribution in [1.29, 1.82) is 0 Å². The van der Waals surface area contributed by atoms with E-state index in [1.54, 1.807) is 0 Å². The van der Waals surface area contributed by atoms with Gasteiger partial charge in [0.05, 0.1) is 5.69 Å². The van der Waals surface area contributed by atoms with Crippen molar-refractivity contribution in [3.05, 3.63) is 18.2 Å². The van der Waals surface area contributed by atoms with Crippen LogP contribution in [0.25, 0.3) is 0 Å². The van der Waals surface area contributed by atoms with E-state index in [9.17, 15) is 4.79 Å². The summed E-state index contributed by atoms with van der Waals surface area (Å²) in [7, 11) is 0. The maximum atomic E-state index is 13.0. The topological polar surface area (TPSA) is 55.6 Å². The molecular weight excluding hydrogens is 264 g/mol. The molecule has 0 fully saturated rings. The van der Waals surface area contributed by atoms with Crippen molar-refractivity contribution < 1.29 is 9.53 Å². The molecule has 0 saturated carbocycles. The Balaban J connectivity index is 2.42. The number of amides is 1. The molecule has 2 N–H and O–H groups in total. The molecule has 0 aliphatic carbocycles. The van der Waals surface area contributed by atoms with Crippen molar-refractivity contribution in [2.75, 3.05) is 17.2 Å². The van der Waals surface area contributed by atoms with E-state index in [1.807, 2.05) is 36.9 Å². The number of unbranched alkanes of at least 4 members (excludes halogenated alkanes) is 2. The minimum atomic E-state index is -0.743. The standard InChI is InChI=1S/C17H26N2O2/c1-4-7-8-12-19-15-13(18)10-9-11-14(15)21-17(5-2,6-3)16(19)20/h9-11H,4-8,12,18H2,1-3H3. The molecule has 1 aliphatic heterocycles. The van der Waals surface area contributed by atoms with E-state index in [2.05, 4.69) is 6.92 Å². The number of benzene rings is 1. The Labute approximate surface area is 127 Å². The molecule has 1 aliphatic rings. The van der Waals surface area contributed by atoms with E-state index in [0.29, 0.717) is 25.1 Å². The van der Waals surface area contributed by atoms with E-state index < -0.39 is 5.60 Å². The summed E-state index contributed by atoms with van der Waals surface area (Å²) in [4.78, 5) is 14.8. The first-order chi connectivity index (χ1) is 10.1. The number of hydrogen-bond donors (Lipinski definition) is 1. The maximum Gasteiger partial charge on any atom is 0.271 e. The molecule has 0 atom stereocenters. The summed E-state index contributed by atoms with van der Waals surface area (Å²) >= 11 is 0. The third-order valence-electron chi connectivity index (χ3n) is 4.37. The number of nitrogens with two attached hydrogens (primary N) is 1. The van der Waals surface area contributed by atoms with Crippen LogP contribution in [-0.2, 0) is 4.79 Å². The van der Waals surface area contributed by atoms with Crippen molar-refractivity contribution in [1.82, 2.24) is 0 Å². The second kappa shape index (κ2) is 6.37. The lowest BCUT2D eigenvalue weighted by Gasteiger charge is -2.42. The molecule has 1 amide bonds. The van der Waals surface area contributed by atoms with Gasteiger partial charge in [-0.3, -0.25) is 4.79 Å². The highest BCUT2D eigenvalue weighted by Gasteiger charge is 2.46. The number of nitrogens with zero attached hydrogens (tertiary/aromatic N) is 1. The lowest BCUT2D eigenvalue weighted by molar-refractivity contribution is -0.136. The van der Waals surface area contributed by atoms with Crippen molar-refractivity contribution in [3.63, 3.8) is 0 Å². The number of carbonyl (C=O) groups is 1. The molecule has 0 radical (unpaired) electrons. The number of carbonyl (C=O) groups excluding carboxylic acids is 1. The van der Waals surface area contributed by atoms with Gasteiger partial charge in [-0.05, 0) is 31.4 Å². The Morgan fingerprint density at radius 1 is 1.19 bits per heavy atom. The predicted octanol–water partition coefficient (Wildman–Crippen LogP) is 3.74. The summed E-state index contributed by atoms with van der Waals surface area (Å²) in [5.41, 5.74) is 6.71. The van der Waals surface area contributed by atoms with Gasteiger partial charge in [-0.2, -0.15) is 0 Å². The maximum absolute atomic E-state index is 13.0. The van der Waals surface area contributed by atoms with Crippen molar-refractivity contribution in [3.8, 4) is 5.75 Å². The lowest BCUT2D eigenvalue weighted by Crippen LogP contribution is -2.56. The van der Waals surface area contributed by atoms with E-state index in [-0.39, 0.29) is 5.91 Å². The van der Waals surface area contributed by atoms with Crippen molar-refractivity contribution in [2.45, 2.75) is 58.5 Å². The summed E-state index contributed by atoms with van der Waals surface area (Å²) in [5, 5.41) is 0. The van der Waals surface area contributed by atoms with Crippen LogP contribution in [0, 0.1) is 0 Å². The fourth-order valence-electron chi connectivity index (χ4n) is 2.94. The van der Waals surface area contributed by atoms with Crippen LogP contribution in [0.1, 0.15) is 52.9 Å².